The van der Waals surface area contributed by atoms with Crippen LogP contribution in [0.1, 0.15) is 52.1 Å². The largest absolute Gasteiger partial charge is 0.493 e. The molecule has 0 radical (unpaired) electrons. The summed E-state index contributed by atoms with van der Waals surface area (Å²) in [6, 6.07) is 6.45. The van der Waals surface area contributed by atoms with Crippen molar-refractivity contribution >= 4 is 12.0 Å². The second kappa shape index (κ2) is 8.90. The van der Waals surface area contributed by atoms with E-state index in [2.05, 4.69) is 31.0 Å². The number of amides is 2. The molecule has 1 aromatic carbocycles. The fraction of sp³-hybridized carbons (Fsp3) is 0.667. The number of fused-ring (bicyclic) bond motifs is 2. The van der Waals surface area contributed by atoms with E-state index in [1.807, 2.05) is 31.2 Å². The van der Waals surface area contributed by atoms with E-state index in [-0.39, 0.29) is 35.6 Å². The number of carbonyl (C=O) groups excluding carboxylic acids is 1. The Bertz CT molecular complexity index is 854. The van der Waals surface area contributed by atoms with E-state index in [1.165, 1.54) is 4.90 Å². The van der Waals surface area contributed by atoms with Crippen LogP contribution in [0.3, 0.4) is 0 Å². The van der Waals surface area contributed by atoms with Crippen molar-refractivity contribution in [1.82, 2.24) is 15.1 Å². The molecule has 176 valence electrons. The van der Waals surface area contributed by atoms with Gasteiger partial charge in [0.25, 0.3) is 0 Å². The number of para-hydroxylation sites is 1. The van der Waals surface area contributed by atoms with Crippen molar-refractivity contribution < 1.29 is 24.2 Å². The lowest BCUT2D eigenvalue weighted by Crippen LogP contribution is -2.70. The molecule has 1 aromatic rings. The van der Waals surface area contributed by atoms with Crippen molar-refractivity contribution in [2.45, 2.75) is 70.8 Å². The zero-order valence-electron chi connectivity index (χ0n) is 19.4. The first kappa shape index (κ1) is 22.9. The lowest BCUT2D eigenvalue weighted by atomic mass is 9.78. The number of nitrogens with one attached hydrogen (secondary N) is 1. The topological polar surface area (TPSA) is 91.3 Å². The van der Waals surface area contributed by atoms with Gasteiger partial charge in [-0.05, 0) is 24.8 Å². The highest BCUT2D eigenvalue weighted by molar-refractivity contribution is 5.86. The summed E-state index contributed by atoms with van der Waals surface area (Å²) in [5, 5.41) is 13.4. The summed E-state index contributed by atoms with van der Waals surface area (Å²) in [4.78, 5) is 29.7. The van der Waals surface area contributed by atoms with E-state index < -0.39 is 12.1 Å². The molecule has 3 aliphatic rings. The average Bonchev–Trinajstić information content (AvgIpc) is 3.14. The summed E-state index contributed by atoms with van der Waals surface area (Å²) >= 11 is 0. The zero-order valence-corrected chi connectivity index (χ0v) is 19.4. The summed E-state index contributed by atoms with van der Waals surface area (Å²) in [7, 11) is 0. The first-order chi connectivity index (χ1) is 15.2. The number of carbonyl (C=O) groups is 2. The van der Waals surface area contributed by atoms with Gasteiger partial charge in [-0.25, -0.2) is 4.79 Å². The molecule has 0 saturated carbocycles. The molecule has 0 bridgehead atoms. The quantitative estimate of drug-likeness (QED) is 0.741. The first-order valence-electron chi connectivity index (χ1n) is 11.6. The van der Waals surface area contributed by atoms with Gasteiger partial charge in [-0.1, -0.05) is 39.0 Å². The first-order valence-corrected chi connectivity index (χ1v) is 11.6. The number of hydrogen-bond donors (Lipinski definition) is 2. The van der Waals surface area contributed by atoms with Crippen LogP contribution in [-0.2, 0) is 9.53 Å². The molecule has 2 fully saturated rings. The van der Waals surface area contributed by atoms with E-state index in [4.69, 9.17) is 9.47 Å². The van der Waals surface area contributed by atoms with Gasteiger partial charge < -0.3 is 19.9 Å². The fourth-order valence-corrected chi connectivity index (χ4v) is 5.69. The maximum absolute atomic E-state index is 13.5. The van der Waals surface area contributed by atoms with Crippen molar-refractivity contribution in [3.63, 3.8) is 0 Å². The van der Waals surface area contributed by atoms with Crippen LogP contribution in [-0.4, -0.2) is 77.4 Å². The van der Waals surface area contributed by atoms with E-state index >= 15 is 0 Å². The van der Waals surface area contributed by atoms with Crippen LogP contribution in [0.5, 0.6) is 5.75 Å². The number of piperazine rings is 1. The Kier molecular flexibility index (Phi) is 6.36. The van der Waals surface area contributed by atoms with Gasteiger partial charge in [-0.15, -0.1) is 0 Å². The van der Waals surface area contributed by atoms with Crippen LogP contribution in [0, 0.1) is 5.41 Å². The number of benzene rings is 1. The molecule has 0 aromatic heterocycles. The number of carboxylic acid groups (broad SMARTS) is 1. The molecule has 32 heavy (non-hydrogen) atoms. The predicted octanol–water partition coefficient (Wildman–Crippen LogP) is 2.88. The van der Waals surface area contributed by atoms with Gasteiger partial charge in [-0.2, -0.15) is 0 Å². The van der Waals surface area contributed by atoms with Crippen molar-refractivity contribution in [2.24, 2.45) is 5.41 Å². The number of ether oxygens (including phenoxy) is 2. The lowest BCUT2D eigenvalue weighted by molar-refractivity contribution is -0.134. The van der Waals surface area contributed by atoms with Crippen molar-refractivity contribution in [1.29, 1.82) is 0 Å². The standard InChI is InChI=1S/C24H35N3O5/c1-5-31-15-12-18-21(24(2,3)4)27(23(29)30)19(14-26(18)13-15)22(28)25-17-10-11-32-20-9-7-6-8-16(17)20/h6-9,15,17-19,21H,5,10-14H2,1-4H3,(H,25,28)(H,29,30)/t15-,17+,18+,19-,21?/m0/s1. The molecule has 2 N–H and O–H groups in total. The van der Waals surface area contributed by atoms with Gasteiger partial charge in [0.15, 0.2) is 0 Å². The number of nitrogens with zero attached hydrogens (tertiary/aromatic N) is 2. The van der Waals surface area contributed by atoms with Crippen LogP contribution in [0.15, 0.2) is 24.3 Å². The highest BCUT2D eigenvalue weighted by Crippen LogP contribution is 2.40. The smallest absolute Gasteiger partial charge is 0.408 e. The Morgan fingerprint density at radius 3 is 2.69 bits per heavy atom. The third kappa shape index (κ3) is 4.30. The molecule has 0 spiro atoms. The third-order valence-electron chi connectivity index (χ3n) is 6.91. The minimum atomic E-state index is -1.04. The monoisotopic (exact) mass is 445 g/mol. The fourth-order valence-electron chi connectivity index (χ4n) is 5.69. The lowest BCUT2D eigenvalue weighted by Gasteiger charge is -2.52. The molecule has 8 heteroatoms. The van der Waals surface area contributed by atoms with Crippen LogP contribution >= 0.6 is 0 Å². The van der Waals surface area contributed by atoms with Crippen LogP contribution in [0.4, 0.5) is 4.79 Å². The summed E-state index contributed by atoms with van der Waals surface area (Å²) in [5.41, 5.74) is 0.611. The molecule has 3 heterocycles. The Balaban J connectivity index is 1.61. The normalized spacial score (nSPS) is 30.2. The Morgan fingerprint density at radius 2 is 2.00 bits per heavy atom. The van der Waals surface area contributed by atoms with Gasteiger partial charge in [0.1, 0.15) is 11.8 Å². The minimum Gasteiger partial charge on any atom is -0.493 e. The Labute approximate surface area is 189 Å². The number of hydrogen-bond acceptors (Lipinski definition) is 5. The summed E-state index contributed by atoms with van der Waals surface area (Å²) in [6.45, 7) is 10.4. The SMILES string of the molecule is CCO[C@H]1C[C@@H]2C(C(C)(C)C)N(C(=O)O)[C@H](C(=O)N[C@@H]3CCOc4ccccc43)CN2C1. The van der Waals surface area contributed by atoms with Crippen molar-refractivity contribution in [3.8, 4) is 5.75 Å². The van der Waals surface area contributed by atoms with E-state index in [0.717, 1.165) is 24.3 Å². The summed E-state index contributed by atoms with van der Waals surface area (Å²) < 4.78 is 11.6. The van der Waals surface area contributed by atoms with E-state index in [0.29, 0.717) is 26.2 Å². The van der Waals surface area contributed by atoms with Gasteiger partial charge in [-0.3, -0.25) is 14.6 Å². The van der Waals surface area contributed by atoms with E-state index in [9.17, 15) is 14.7 Å². The second-order valence-electron chi connectivity index (χ2n) is 10.1. The molecule has 4 rings (SSSR count). The van der Waals surface area contributed by atoms with Gasteiger partial charge in [0, 0.05) is 37.7 Å². The molecular formula is C24H35N3O5. The van der Waals surface area contributed by atoms with Crippen LogP contribution in [0.25, 0.3) is 0 Å². The van der Waals surface area contributed by atoms with Gasteiger partial charge >= 0.3 is 6.09 Å². The minimum absolute atomic E-state index is 0.0375. The van der Waals surface area contributed by atoms with Crippen LogP contribution in [0.2, 0.25) is 0 Å². The molecule has 2 saturated heterocycles. The summed E-state index contributed by atoms with van der Waals surface area (Å²) in [6.07, 6.45) is 0.456. The summed E-state index contributed by atoms with van der Waals surface area (Å²) in [5.74, 6) is 0.524. The zero-order chi connectivity index (χ0) is 23.0. The van der Waals surface area contributed by atoms with E-state index in [1.54, 1.807) is 0 Å². The molecule has 8 nitrogen and oxygen atoms in total. The average molecular weight is 446 g/mol. The molecule has 2 amide bonds. The van der Waals surface area contributed by atoms with Crippen molar-refractivity contribution in [2.75, 3.05) is 26.3 Å². The number of rotatable bonds is 4. The van der Waals surface area contributed by atoms with Gasteiger partial charge in [0.2, 0.25) is 5.91 Å². The van der Waals surface area contributed by atoms with Crippen LogP contribution < -0.4 is 10.1 Å². The molecule has 0 aliphatic carbocycles. The Hall–Kier alpha value is -2.32. The second-order valence-corrected chi connectivity index (χ2v) is 10.1. The molecule has 1 unspecified atom stereocenters. The Morgan fingerprint density at radius 1 is 1.25 bits per heavy atom. The van der Waals surface area contributed by atoms with Crippen molar-refractivity contribution in [3.05, 3.63) is 29.8 Å². The maximum Gasteiger partial charge on any atom is 0.408 e. The maximum atomic E-state index is 13.5. The predicted molar refractivity (Wildman–Crippen MR) is 120 cm³/mol. The van der Waals surface area contributed by atoms with Gasteiger partial charge in [0.05, 0.1) is 24.8 Å². The molecular weight excluding hydrogens is 410 g/mol. The molecule has 5 atom stereocenters. The third-order valence-corrected chi connectivity index (χ3v) is 6.91. The molecule has 3 aliphatic heterocycles. The highest BCUT2D eigenvalue weighted by atomic mass is 16.5. The highest BCUT2D eigenvalue weighted by Gasteiger charge is 2.54.